The highest BCUT2D eigenvalue weighted by molar-refractivity contribution is 5.81. The lowest BCUT2D eigenvalue weighted by atomic mass is 10.2. The Morgan fingerprint density at radius 1 is 1.17 bits per heavy atom. The van der Waals surface area contributed by atoms with Gasteiger partial charge in [0, 0.05) is 33.3 Å². The molecule has 3 rings (SSSR count). The number of nitrogens with zero attached hydrogens (tertiary/aromatic N) is 5. The van der Waals surface area contributed by atoms with E-state index < -0.39 is 35.5 Å². The van der Waals surface area contributed by atoms with Gasteiger partial charge in [0.2, 0.25) is 0 Å². The van der Waals surface area contributed by atoms with Crippen molar-refractivity contribution in [3.05, 3.63) is 62.8 Å². The third-order valence-corrected chi connectivity index (χ3v) is 4.66. The van der Waals surface area contributed by atoms with E-state index in [1.54, 1.807) is 18.2 Å². The number of carbonyl (C=O) groups is 2. The number of benzene rings is 1. The van der Waals surface area contributed by atoms with Gasteiger partial charge in [-0.15, -0.1) is 0 Å². The van der Waals surface area contributed by atoms with Crippen molar-refractivity contribution in [2.24, 2.45) is 14.1 Å². The van der Waals surface area contributed by atoms with E-state index in [1.165, 1.54) is 47.6 Å². The van der Waals surface area contributed by atoms with Crippen molar-refractivity contribution >= 4 is 23.0 Å². The molecule has 0 fully saturated rings. The molecule has 0 saturated heterocycles. The van der Waals surface area contributed by atoms with E-state index in [1.807, 2.05) is 0 Å². The number of fused-ring (bicyclic) bond motifs is 1. The third kappa shape index (κ3) is 4.00. The predicted molar refractivity (Wildman–Crippen MR) is 104 cm³/mol. The molecular formula is C19H20FN5O5. The Morgan fingerprint density at radius 3 is 2.57 bits per heavy atom. The summed E-state index contributed by atoms with van der Waals surface area (Å²) < 4.78 is 22.1. The molecule has 0 bridgehead atoms. The number of rotatable bonds is 6. The van der Waals surface area contributed by atoms with Crippen molar-refractivity contribution < 1.29 is 18.7 Å². The first-order valence-electron chi connectivity index (χ1n) is 8.94. The highest BCUT2D eigenvalue weighted by atomic mass is 19.1. The van der Waals surface area contributed by atoms with Crippen LogP contribution in [0, 0.1) is 5.82 Å². The van der Waals surface area contributed by atoms with E-state index in [0.717, 1.165) is 4.57 Å². The lowest BCUT2D eigenvalue weighted by Crippen LogP contribution is -2.37. The molecular weight excluding hydrogens is 397 g/mol. The molecule has 0 spiro atoms. The fourth-order valence-corrected chi connectivity index (χ4v) is 2.92. The maximum atomic E-state index is 13.7. The van der Waals surface area contributed by atoms with Crippen molar-refractivity contribution in [2.45, 2.75) is 13.1 Å². The van der Waals surface area contributed by atoms with Gasteiger partial charge in [-0.25, -0.2) is 14.2 Å². The zero-order chi connectivity index (χ0) is 22.0. The van der Waals surface area contributed by atoms with Crippen LogP contribution in [0.1, 0.15) is 5.56 Å². The summed E-state index contributed by atoms with van der Waals surface area (Å²) in [6, 6.07) is 6.06. The molecule has 2 heterocycles. The Labute approximate surface area is 169 Å². The molecule has 0 unspecified atom stereocenters. The largest absolute Gasteiger partial charge is 0.454 e. The van der Waals surface area contributed by atoms with Crippen LogP contribution in [-0.2, 0) is 41.5 Å². The van der Waals surface area contributed by atoms with Crippen molar-refractivity contribution in [1.29, 1.82) is 0 Å². The van der Waals surface area contributed by atoms with Crippen LogP contribution in [-0.4, -0.2) is 49.1 Å². The minimum Gasteiger partial charge on any atom is -0.454 e. The number of carbonyl (C=O) groups excluding carboxylic acids is 2. The van der Waals surface area contributed by atoms with Crippen LogP contribution in [0.4, 0.5) is 4.39 Å². The fourth-order valence-electron chi connectivity index (χ4n) is 2.92. The second kappa shape index (κ2) is 8.31. The molecule has 11 heteroatoms. The van der Waals surface area contributed by atoms with Crippen LogP contribution in [0.15, 0.2) is 40.2 Å². The van der Waals surface area contributed by atoms with Crippen LogP contribution in [0.3, 0.4) is 0 Å². The second-order valence-electron chi connectivity index (χ2n) is 6.75. The highest BCUT2D eigenvalue weighted by Gasteiger charge is 2.18. The molecule has 0 aliphatic carbocycles. The Kier molecular flexibility index (Phi) is 5.81. The molecule has 2 aromatic heterocycles. The van der Waals surface area contributed by atoms with E-state index in [9.17, 15) is 23.6 Å². The van der Waals surface area contributed by atoms with Crippen molar-refractivity contribution in [2.75, 3.05) is 13.7 Å². The number of amides is 1. The van der Waals surface area contributed by atoms with Gasteiger partial charge >= 0.3 is 11.7 Å². The number of hydrogen-bond donors (Lipinski definition) is 0. The van der Waals surface area contributed by atoms with E-state index >= 15 is 0 Å². The van der Waals surface area contributed by atoms with E-state index in [0.29, 0.717) is 5.56 Å². The molecule has 3 aromatic rings. The minimum atomic E-state index is -0.766. The smallest absolute Gasteiger partial charge is 0.332 e. The zero-order valence-corrected chi connectivity index (χ0v) is 16.7. The van der Waals surface area contributed by atoms with Crippen molar-refractivity contribution in [3.63, 3.8) is 0 Å². The Morgan fingerprint density at radius 2 is 1.87 bits per heavy atom. The van der Waals surface area contributed by atoms with Crippen LogP contribution >= 0.6 is 0 Å². The molecule has 0 aliphatic rings. The summed E-state index contributed by atoms with van der Waals surface area (Å²) in [5, 5.41) is 0. The van der Waals surface area contributed by atoms with E-state index in [-0.39, 0.29) is 24.3 Å². The topological polar surface area (TPSA) is 108 Å². The van der Waals surface area contributed by atoms with Gasteiger partial charge in [-0.2, -0.15) is 0 Å². The minimum absolute atomic E-state index is 0.0271. The highest BCUT2D eigenvalue weighted by Crippen LogP contribution is 2.09. The van der Waals surface area contributed by atoms with Crippen molar-refractivity contribution in [3.8, 4) is 0 Å². The molecule has 0 N–H and O–H groups in total. The number of imidazole rings is 1. The third-order valence-electron chi connectivity index (χ3n) is 4.66. The van der Waals surface area contributed by atoms with Gasteiger partial charge in [-0.1, -0.05) is 18.2 Å². The number of likely N-dealkylation sites (N-methyl/N-ethyl adjacent to an activating group) is 1. The quantitative estimate of drug-likeness (QED) is 0.513. The van der Waals surface area contributed by atoms with Gasteiger partial charge in [-0.3, -0.25) is 23.5 Å². The summed E-state index contributed by atoms with van der Waals surface area (Å²) in [4.78, 5) is 53.9. The summed E-state index contributed by atoms with van der Waals surface area (Å²) in [6.45, 7) is -0.875. The van der Waals surface area contributed by atoms with Crippen LogP contribution in [0.25, 0.3) is 11.2 Å². The number of hydrogen-bond acceptors (Lipinski definition) is 6. The molecule has 0 aliphatic heterocycles. The molecule has 10 nitrogen and oxygen atoms in total. The molecule has 158 valence electrons. The van der Waals surface area contributed by atoms with Gasteiger partial charge in [0.25, 0.3) is 11.5 Å². The van der Waals surface area contributed by atoms with Crippen LogP contribution < -0.4 is 11.2 Å². The van der Waals surface area contributed by atoms with Gasteiger partial charge in [0.15, 0.2) is 17.8 Å². The first-order chi connectivity index (χ1) is 14.2. The second-order valence-corrected chi connectivity index (χ2v) is 6.75. The average molecular weight is 417 g/mol. The number of ether oxygens (including phenoxy) is 1. The van der Waals surface area contributed by atoms with Gasteiger partial charge in [0.1, 0.15) is 12.4 Å². The first-order valence-corrected chi connectivity index (χ1v) is 8.94. The Hall–Kier alpha value is -3.76. The fraction of sp³-hybridized carbons (Fsp3) is 0.316. The standard InChI is InChI=1S/C19H20FN5O5/c1-22(8-12-6-4-5-7-13(12)20)14(26)10-30-15(27)9-25-11-21-17-16(25)18(28)24(3)19(29)23(17)2/h4-7,11H,8-10H2,1-3H3. The van der Waals surface area contributed by atoms with Crippen LogP contribution in [0.5, 0.6) is 0 Å². The number of esters is 1. The van der Waals surface area contributed by atoms with E-state index in [2.05, 4.69) is 4.98 Å². The average Bonchev–Trinajstić information content (AvgIpc) is 3.14. The van der Waals surface area contributed by atoms with Gasteiger partial charge in [-0.05, 0) is 6.07 Å². The molecule has 0 atom stereocenters. The van der Waals surface area contributed by atoms with Crippen LogP contribution in [0.2, 0.25) is 0 Å². The van der Waals surface area contributed by atoms with Gasteiger partial charge < -0.3 is 14.2 Å². The number of aromatic nitrogens is 4. The van der Waals surface area contributed by atoms with Crippen molar-refractivity contribution in [1.82, 2.24) is 23.6 Å². The molecule has 0 radical (unpaired) electrons. The lowest BCUT2D eigenvalue weighted by molar-refractivity contribution is -0.152. The summed E-state index contributed by atoms with van der Waals surface area (Å²) >= 11 is 0. The van der Waals surface area contributed by atoms with E-state index in [4.69, 9.17) is 4.74 Å². The zero-order valence-electron chi connectivity index (χ0n) is 16.7. The van der Waals surface area contributed by atoms with Gasteiger partial charge in [0.05, 0.1) is 6.33 Å². The first kappa shape index (κ1) is 21.0. The molecule has 1 amide bonds. The molecule has 1 aromatic carbocycles. The lowest BCUT2D eigenvalue weighted by Gasteiger charge is -2.17. The molecule has 0 saturated carbocycles. The summed E-state index contributed by atoms with van der Waals surface area (Å²) in [5.74, 6) is -1.71. The monoisotopic (exact) mass is 417 g/mol. The Bertz CT molecular complexity index is 1240. The number of aryl methyl sites for hydroxylation is 1. The summed E-state index contributed by atoms with van der Waals surface area (Å²) in [5.41, 5.74) is -0.593. The normalized spacial score (nSPS) is 10.9. The maximum Gasteiger partial charge on any atom is 0.332 e. The Balaban J connectivity index is 1.65. The maximum absolute atomic E-state index is 13.7. The summed E-state index contributed by atoms with van der Waals surface area (Å²) in [7, 11) is 4.25. The number of halogens is 1. The predicted octanol–water partition coefficient (Wildman–Crippen LogP) is -0.225. The summed E-state index contributed by atoms with van der Waals surface area (Å²) in [6.07, 6.45) is 1.25. The molecule has 30 heavy (non-hydrogen) atoms. The SMILES string of the molecule is CN(Cc1ccccc1F)C(=O)COC(=O)Cn1cnc2c1c(=O)n(C)c(=O)n2C.